The minimum absolute atomic E-state index is 0.0394. The maximum Gasteiger partial charge on any atom is 0.330 e. The Morgan fingerprint density at radius 1 is 1.30 bits per heavy atom. The summed E-state index contributed by atoms with van der Waals surface area (Å²) in [4.78, 5) is 17.3. The van der Waals surface area contributed by atoms with E-state index in [9.17, 15) is 18.8 Å². The molecule has 1 atom stereocenters. The fourth-order valence-corrected chi connectivity index (χ4v) is 3.30. The predicted octanol–water partition coefficient (Wildman–Crippen LogP) is 3.58. The van der Waals surface area contributed by atoms with Crippen LogP contribution in [0.4, 0.5) is 8.78 Å². The van der Waals surface area contributed by atoms with E-state index in [-0.39, 0.29) is 25.2 Å². The Hall–Kier alpha value is -3.27. The molecule has 1 unspecified atom stereocenters. The number of benzene rings is 1. The Morgan fingerprint density at radius 3 is 2.70 bits per heavy atom. The molecule has 136 valence electrons. The summed E-state index contributed by atoms with van der Waals surface area (Å²) in [5.74, 6) is -3.53. The van der Waals surface area contributed by atoms with E-state index in [0.717, 1.165) is 0 Å². The molecule has 0 aliphatic heterocycles. The van der Waals surface area contributed by atoms with E-state index in [1.54, 1.807) is 42.5 Å². The lowest BCUT2D eigenvalue weighted by Gasteiger charge is -2.05. The van der Waals surface area contributed by atoms with Crippen molar-refractivity contribution in [3.05, 3.63) is 65.1 Å². The van der Waals surface area contributed by atoms with E-state index in [2.05, 4.69) is 17.6 Å². The zero-order valence-corrected chi connectivity index (χ0v) is 14.4. The van der Waals surface area contributed by atoms with Gasteiger partial charge in [0.05, 0.1) is 22.8 Å². The lowest BCUT2D eigenvalue weighted by Crippen LogP contribution is -2.25. The van der Waals surface area contributed by atoms with E-state index in [0.29, 0.717) is 28.0 Å². The third kappa shape index (κ3) is 2.83. The number of hydrogen-bond donors (Lipinski definition) is 0. The van der Waals surface area contributed by atoms with Crippen molar-refractivity contribution in [1.82, 2.24) is 14.1 Å². The molecule has 3 aromatic rings. The first-order valence-corrected chi connectivity index (χ1v) is 8.54. The largest absolute Gasteiger partial charge is 0.330 e. The second kappa shape index (κ2) is 6.16. The van der Waals surface area contributed by atoms with Gasteiger partial charge in [-0.05, 0) is 18.2 Å². The van der Waals surface area contributed by atoms with Gasteiger partial charge in [0.25, 0.3) is 5.92 Å². The van der Waals surface area contributed by atoms with Gasteiger partial charge in [-0.2, -0.15) is 5.26 Å². The minimum atomic E-state index is -2.70. The molecule has 1 saturated carbocycles. The van der Waals surface area contributed by atoms with Crippen LogP contribution in [-0.2, 0) is 13.1 Å². The summed E-state index contributed by atoms with van der Waals surface area (Å²) < 4.78 is 29.5. The highest BCUT2D eigenvalue weighted by Crippen LogP contribution is 2.49. The number of rotatable bonds is 5. The maximum absolute atomic E-state index is 13.4. The van der Waals surface area contributed by atoms with Crippen LogP contribution in [0.1, 0.15) is 12.0 Å². The molecule has 27 heavy (non-hydrogen) atoms. The molecule has 0 saturated heterocycles. The Bertz CT molecular complexity index is 1150. The molecule has 4 rings (SSSR count). The number of alkyl halides is 2. The quantitative estimate of drug-likeness (QED) is 0.649. The third-order valence-corrected chi connectivity index (χ3v) is 4.86. The van der Waals surface area contributed by atoms with E-state index < -0.39 is 11.8 Å². The molecule has 0 N–H and O–H groups in total. The molecule has 5 nitrogen and oxygen atoms in total. The molecule has 0 bridgehead atoms. The molecular weight excluding hydrogens is 350 g/mol. The summed E-state index contributed by atoms with van der Waals surface area (Å²) >= 11 is 0. The van der Waals surface area contributed by atoms with Crippen LogP contribution in [0.3, 0.4) is 0 Å². The van der Waals surface area contributed by atoms with Gasteiger partial charge in [0.1, 0.15) is 0 Å². The fraction of sp³-hybridized carbons (Fsp3) is 0.250. The lowest BCUT2D eigenvalue weighted by molar-refractivity contribution is 0.0951. The summed E-state index contributed by atoms with van der Waals surface area (Å²) in [5, 5.41) is 9.31. The van der Waals surface area contributed by atoms with Crippen LogP contribution in [0.5, 0.6) is 0 Å². The molecule has 1 aromatic carbocycles. The number of aromatic nitrogens is 3. The Balaban J connectivity index is 1.88. The van der Waals surface area contributed by atoms with Crippen molar-refractivity contribution >= 4 is 11.2 Å². The van der Waals surface area contributed by atoms with Gasteiger partial charge in [0, 0.05) is 31.0 Å². The molecule has 1 aliphatic rings. The smallest absolute Gasteiger partial charge is 0.290 e. The monoisotopic (exact) mass is 366 g/mol. The average molecular weight is 366 g/mol. The average Bonchev–Trinajstić information content (AvgIpc) is 3.20. The molecule has 2 heterocycles. The molecule has 1 aliphatic carbocycles. The summed E-state index contributed by atoms with van der Waals surface area (Å²) in [5.41, 5.74) is 2.19. The fourth-order valence-electron chi connectivity index (χ4n) is 3.30. The Morgan fingerprint density at radius 2 is 2.04 bits per heavy atom. The summed E-state index contributed by atoms with van der Waals surface area (Å²) in [6, 6.07) is 12.6. The molecule has 2 aromatic heterocycles. The maximum atomic E-state index is 13.4. The van der Waals surface area contributed by atoms with Gasteiger partial charge in [-0.25, -0.2) is 18.6 Å². The highest BCUT2D eigenvalue weighted by atomic mass is 19.3. The molecule has 1 fully saturated rings. The predicted molar refractivity (Wildman–Crippen MR) is 97.4 cm³/mol. The summed E-state index contributed by atoms with van der Waals surface area (Å²) in [6.07, 6.45) is 1.36. The van der Waals surface area contributed by atoms with Crippen LogP contribution in [0.15, 0.2) is 53.8 Å². The minimum Gasteiger partial charge on any atom is -0.290 e. The Kier molecular flexibility index (Phi) is 3.92. The molecular formula is C20H16F2N4O. The van der Waals surface area contributed by atoms with Crippen LogP contribution < -0.4 is 5.69 Å². The number of imidazole rings is 1. The number of nitrogens with zero attached hydrogens (tertiary/aromatic N) is 4. The first-order chi connectivity index (χ1) is 13.0. The normalized spacial score (nSPS) is 17.6. The zero-order chi connectivity index (χ0) is 19.2. The van der Waals surface area contributed by atoms with Crippen LogP contribution in [-0.4, -0.2) is 20.0 Å². The number of hydrogen-bond acceptors (Lipinski definition) is 3. The van der Waals surface area contributed by atoms with Crippen LogP contribution in [0.2, 0.25) is 0 Å². The van der Waals surface area contributed by atoms with E-state index in [1.807, 2.05) is 0 Å². The number of nitriles is 1. The number of allylic oxidation sites excluding steroid dienone is 1. The molecule has 0 spiro atoms. The van der Waals surface area contributed by atoms with E-state index >= 15 is 0 Å². The van der Waals surface area contributed by atoms with Gasteiger partial charge in [-0.1, -0.05) is 24.3 Å². The summed E-state index contributed by atoms with van der Waals surface area (Å²) in [6.45, 7) is 3.84. The van der Waals surface area contributed by atoms with Crippen LogP contribution in [0, 0.1) is 17.2 Å². The second-order valence-corrected chi connectivity index (χ2v) is 6.65. The standard InChI is InChI=1S/C20H16F2N4O/c1-2-9-25-18-17(26(19(25)27)12-14-10-20(14,21)22)8-7-16(24-18)15-6-4-3-5-13(15)11-23/h2-8,14H,1,9-10,12H2. The van der Waals surface area contributed by atoms with Gasteiger partial charge in [-0.3, -0.25) is 9.13 Å². The van der Waals surface area contributed by atoms with Gasteiger partial charge in [0.15, 0.2) is 5.65 Å². The van der Waals surface area contributed by atoms with Gasteiger partial charge in [-0.15, -0.1) is 6.58 Å². The number of halogens is 2. The van der Waals surface area contributed by atoms with Crippen molar-refractivity contribution in [1.29, 1.82) is 5.26 Å². The van der Waals surface area contributed by atoms with Crippen LogP contribution in [0.25, 0.3) is 22.4 Å². The van der Waals surface area contributed by atoms with E-state index in [1.165, 1.54) is 9.13 Å². The highest BCUT2D eigenvalue weighted by Gasteiger charge is 2.57. The number of fused-ring (bicyclic) bond motifs is 1. The Labute approximate surface area is 153 Å². The van der Waals surface area contributed by atoms with Crippen molar-refractivity contribution < 1.29 is 8.78 Å². The van der Waals surface area contributed by atoms with Crippen molar-refractivity contribution in [2.75, 3.05) is 0 Å². The van der Waals surface area contributed by atoms with E-state index in [4.69, 9.17) is 0 Å². The van der Waals surface area contributed by atoms with Crippen LogP contribution >= 0.6 is 0 Å². The van der Waals surface area contributed by atoms with Gasteiger partial charge >= 0.3 is 5.69 Å². The van der Waals surface area contributed by atoms with Crippen molar-refractivity contribution in [3.63, 3.8) is 0 Å². The van der Waals surface area contributed by atoms with Crippen molar-refractivity contribution in [2.45, 2.75) is 25.4 Å². The first kappa shape index (κ1) is 17.2. The second-order valence-electron chi connectivity index (χ2n) is 6.65. The van der Waals surface area contributed by atoms with Gasteiger partial charge < -0.3 is 0 Å². The van der Waals surface area contributed by atoms with Crippen molar-refractivity contribution in [3.8, 4) is 17.3 Å². The first-order valence-electron chi connectivity index (χ1n) is 8.54. The zero-order valence-electron chi connectivity index (χ0n) is 14.4. The SMILES string of the molecule is C=CCn1c(=O)n(CC2CC2(F)F)c2ccc(-c3ccccc3C#N)nc21. The van der Waals surface area contributed by atoms with Gasteiger partial charge in [0.2, 0.25) is 0 Å². The highest BCUT2D eigenvalue weighted by molar-refractivity contribution is 5.78. The van der Waals surface area contributed by atoms with Crippen molar-refractivity contribution in [2.24, 2.45) is 5.92 Å². The lowest BCUT2D eigenvalue weighted by atomic mass is 10.1. The third-order valence-electron chi connectivity index (χ3n) is 4.86. The molecule has 0 radical (unpaired) electrons. The topological polar surface area (TPSA) is 63.6 Å². The summed E-state index contributed by atoms with van der Waals surface area (Å²) in [7, 11) is 0. The molecule has 0 amide bonds. The number of pyridine rings is 1. The molecule has 7 heteroatoms.